The van der Waals surface area contributed by atoms with Gasteiger partial charge in [-0.2, -0.15) is 0 Å². The monoisotopic (exact) mass is 399 g/mol. The average Bonchev–Trinajstić information content (AvgIpc) is 3.06. The van der Waals surface area contributed by atoms with Crippen molar-refractivity contribution in [2.24, 2.45) is 0 Å². The molecule has 0 atom stereocenters. The summed E-state index contributed by atoms with van der Waals surface area (Å²) in [6.07, 6.45) is 5.45. The predicted octanol–water partition coefficient (Wildman–Crippen LogP) is 4.06. The van der Waals surface area contributed by atoms with Crippen LogP contribution >= 0.6 is 15.9 Å². The van der Waals surface area contributed by atoms with E-state index in [9.17, 15) is 4.79 Å². The number of nitrogens with one attached hydrogen (secondary N) is 1. The summed E-state index contributed by atoms with van der Waals surface area (Å²) in [6, 6.07) is 11.8. The van der Waals surface area contributed by atoms with Crippen LogP contribution < -0.4 is 5.32 Å². The van der Waals surface area contributed by atoms with E-state index in [1.165, 1.54) is 0 Å². The lowest BCUT2D eigenvalue weighted by molar-refractivity contribution is 0.184. The molecule has 6 nitrogen and oxygen atoms in total. The number of nitrogens with zero attached hydrogens (tertiary/aromatic N) is 4. The number of carbonyl (C=O) groups excluding carboxylic acids is 1. The number of amides is 2. The third-order valence-electron chi connectivity index (χ3n) is 4.55. The number of likely N-dealkylation sites (tertiary alicyclic amines) is 1. The van der Waals surface area contributed by atoms with E-state index in [1.807, 2.05) is 47.6 Å². The fraction of sp³-hybridized carbons (Fsp3) is 0.278. The summed E-state index contributed by atoms with van der Waals surface area (Å²) < 4.78 is 3.09. The highest BCUT2D eigenvalue weighted by molar-refractivity contribution is 9.10. The highest BCUT2D eigenvalue weighted by Crippen LogP contribution is 2.26. The van der Waals surface area contributed by atoms with Gasteiger partial charge in [-0.15, -0.1) is 0 Å². The predicted molar refractivity (Wildman–Crippen MR) is 101 cm³/mol. The van der Waals surface area contributed by atoms with Crippen molar-refractivity contribution in [2.75, 3.05) is 18.4 Å². The fourth-order valence-corrected chi connectivity index (χ4v) is 3.65. The molecule has 1 fully saturated rings. The molecule has 0 radical (unpaired) electrons. The highest BCUT2D eigenvalue weighted by atomic mass is 79.9. The Hall–Kier alpha value is -2.41. The molecule has 2 amide bonds. The lowest BCUT2D eigenvalue weighted by Gasteiger charge is -2.32. The Labute approximate surface area is 154 Å². The van der Waals surface area contributed by atoms with Gasteiger partial charge in [0.15, 0.2) is 5.65 Å². The van der Waals surface area contributed by atoms with Crippen molar-refractivity contribution in [3.8, 4) is 0 Å². The number of hydrogen-bond donors (Lipinski definition) is 1. The molecule has 0 bridgehead atoms. The maximum absolute atomic E-state index is 12.5. The van der Waals surface area contributed by atoms with E-state index in [-0.39, 0.29) is 6.03 Å². The van der Waals surface area contributed by atoms with Crippen molar-refractivity contribution >= 4 is 38.8 Å². The summed E-state index contributed by atoms with van der Waals surface area (Å²) in [5.74, 6) is 0. The summed E-state index contributed by atoms with van der Waals surface area (Å²) in [5, 5.41) is 2.96. The van der Waals surface area contributed by atoms with Crippen molar-refractivity contribution in [3.63, 3.8) is 0 Å². The van der Waals surface area contributed by atoms with Crippen molar-refractivity contribution in [1.82, 2.24) is 19.4 Å². The summed E-state index contributed by atoms with van der Waals surface area (Å²) in [5.41, 5.74) is 2.63. The second kappa shape index (κ2) is 6.84. The van der Waals surface area contributed by atoms with E-state index < -0.39 is 0 Å². The van der Waals surface area contributed by atoms with E-state index in [0.717, 1.165) is 47.3 Å². The van der Waals surface area contributed by atoms with Gasteiger partial charge < -0.3 is 14.8 Å². The number of piperidine rings is 1. The molecule has 4 rings (SSSR count). The van der Waals surface area contributed by atoms with Crippen LogP contribution in [0, 0.1) is 0 Å². The minimum absolute atomic E-state index is 0.0508. The summed E-state index contributed by atoms with van der Waals surface area (Å²) in [6.45, 7) is 1.44. The highest BCUT2D eigenvalue weighted by Gasteiger charge is 2.25. The lowest BCUT2D eigenvalue weighted by Crippen LogP contribution is -2.41. The average molecular weight is 400 g/mol. The van der Waals surface area contributed by atoms with Crippen LogP contribution in [-0.4, -0.2) is 38.6 Å². The van der Waals surface area contributed by atoms with Crippen LogP contribution in [0.25, 0.3) is 11.2 Å². The van der Waals surface area contributed by atoms with Crippen LogP contribution in [0.1, 0.15) is 18.9 Å². The molecule has 3 heterocycles. The van der Waals surface area contributed by atoms with E-state index in [1.54, 1.807) is 6.20 Å². The third kappa shape index (κ3) is 3.37. The van der Waals surface area contributed by atoms with Crippen molar-refractivity contribution in [3.05, 3.63) is 53.4 Å². The van der Waals surface area contributed by atoms with Gasteiger partial charge in [-0.25, -0.2) is 14.8 Å². The van der Waals surface area contributed by atoms with Crippen molar-refractivity contribution < 1.29 is 4.79 Å². The first-order valence-corrected chi connectivity index (χ1v) is 9.09. The van der Waals surface area contributed by atoms with E-state index in [2.05, 4.69) is 35.8 Å². The molecule has 128 valence electrons. The zero-order valence-corrected chi connectivity index (χ0v) is 15.2. The van der Waals surface area contributed by atoms with Crippen LogP contribution in [0.15, 0.2) is 53.4 Å². The molecule has 1 aliphatic heterocycles. The normalized spacial score (nSPS) is 15.5. The number of aromatic nitrogens is 3. The van der Waals surface area contributed by atoms with Gasteiger partial charge in [0.05, 0.1) is 6.33 Å². The Morgan fingerprint density at radius 2 is 2.00 bits per heavy atom. The molecular formula is C18H18BrN5O. The van der Waals surface area contributed by atoms with Gasteiger partial charge in [0.1, 0.15) is 5.52 Å². The number of imidazole rings is 1. The van der Waals surface area contributed by atoms with E-state index in [0.29, 0.717) is 6.04 Å². The Balaban J connectivity index is 1.40. The van der Waals surface area contributed by atoms with Gasteiger partial charge in [0.2, 0.25) is 0 Å². The van der Waals surface area contributed by atoms with Crippen LogP contribution in [0.5, 0.6) is 0 Å². The van der Waals surface area contributed by atoms with Crippen LogP contribution in [-0.2, 0) is 0 Å². The molecule has 1 N–H and O–H groups in total. The first-order chi connectivity index (χ1) is 12.2. The molecule has 0 saturated carbocycles. The molecule has 0 spiro atoms. The minimum atomic E-state index is -0.0508. The number of hydrogen-bond acceptors (Lipinski definition) is 3. The second-order valence-electron chi connectivity index (χ2n) is 6.16. The SMILES string of the molecule is O=C(Nc1cccc(Br)c1)N1CCC(n2cnc3cccnc32)CC1. The maximum atomic E-state index is 12.5. The quantitative estimate of drug-likeness (QED) is 0.706. The molecule has 3 aromatic rings. The molecule has 7 heteroatoms. The number of fused-ring (bicyclic) bond motifs is 1. The number of anilines is 1. The first kappa shape index (κ1) is 16.1. The molecule has 2 aromatic heterocycles. The number of rotatable bonds is 2. The Bertz CT molecular complexity index is 901. The fourth-order valence-electron chi connectivity index (χ4n) is 3.25. The Morgan fingerprint density at radius 1 is 1.16 bits per heavy atom. The topological polar surface area (TPSA) is 63.1 Å². The molecular weight excluding hydrogens is 382 g/mol. The van der Waals surface area contributed by atoms with Gasteiger partial charge in [0.25, 0.3) is 0 Å². The lowest BCUT2D eigenvalue weighted by atomic mass is 10.1. The van der Waals surface area contributed by atoms with Crippen LogP contribution in [0.2, 0.25) is 0 Å². The number of pyridine rings is 1. The molecule has 1 saturated heterocycles. The number of halogens is 1. The zero-order valence-electron chi connectivity index (χ0n) is 13.6. The molecule has 0 unspecified atom stereocenters. The molecule has 25 heavy (non-hydrogen) atoms. The smallest absolute Gasteiger partial charge is 0.321 e. The van der Waals surface area contributed by atoms with E-state index in [4.69, 9.17) is 0 Å². The molecule has 0 aliphatic carbocycles. The van der Waals surface area contributed by atoms with E-state index >= 15 is 0 Å². The van der Waals surface area contributed by atoms with Gasteiger partial charge in [-0.3, -0.25) is 0 Å². The van der Waals surface area contributed by atoms with Crippen LogP contribution in [0.3, 0.4) is 0 Å². The Kier molecular flexibility index (Phi) is 4.40. The zero-order chi connectivity index (χ0) is 17.2. The summed E-state index contributed by atoms with van der Waals surface area (Å²) in [7, 11) is 0. The maximum Gasteiger partial charge on any atom is 0.321 e. The first-order valence-electron chi connectivity index (χ1n) is 8.30. The second-order valence-corrected chi connectivity index (χ2v) is 7.07. The molecule has 1 aliphatic rings. The van der Waals surface area contributed by atoms with Crippen LogP contribution in [0.4, 0.5) is 10.5 Å². The summed E-state index contributed by atoms with van der Waals surface area (Å²) >= 11 is 3.42. The largest absolute Gasteiger partial charge is 0.324 e. The number of urea groups is 1. The van der Waals surface area contributed by atoms with Gasteiger partial charge in [0, 0.05) is 35.5 Å². The van der Waals surface area contributed by atoms with Gasteiger partial charge in [-0.1, -0.05) is 22.0 Å². The van der Waals surface area contributed by atoms with Gasteiger partial charge >= 0.3 is 6.03 Å². The standard InChI is InChI=1S/C18H18BrN5O/c19-13-3-1-4-14(11-13)22-18(25)23-9-6-15(7-10-23)24-12-21-16-5-2-8-20-17(16)24/h1-5,8,11-12,15H,6-7,9-10H2,(H,22,25). The third-order valence-corrected chi connectivity index (χ3v) is 5.05. The van der Waals surface area contributed by atoms with Crippen molar-refractivity contribution in [1.29, 1.82) is 0 Å². The minimum Gasteiger partial charge on any atom is -0.324 e. The number of benzene rings is 1. The number of carbonyl (C=O) groups is 1. The van der Waals surface area contributed by atoms with Crippen molar-refractivity contribution in [2.45, 2.75) is 18.9 Å². The Morgan fingerprint density at radius 3 is 2.80 bits per heavy atom. The molecule has 1 aromatic carbocycles. The van der Waals surface area contributed by atoms with Gasteiger partial charge in [-0.05, 0) is 43.2 Å². The summed E-state index contributed by atoms with van der Waals surface area (Å²) in [4.78, 5) is 23.2.